The number of carbonyl (C=O) groups is 1. The summed E-state index contributed by atoms with van der Waals surface area (Å²) in [5.41, 5.74) is -0.516. The van der Waals surface area contributed by atoms with Crippen LogP contribution in [0.2, 0.25) is 0 Å². The van der Waals surface area contributed by atoms with E-state index in [4.69, 9.17) is 4.74 Å². The van der Waals surface area contributed by atoms with Crippen molar-refractivity contribution >= 4 is 37.5 Å². The average molecular weight is 471 g/mol. The first-order valence-electron chi connectivity index (χ1n) is 10.4. The summed E-state index contributed by atoms with van der Waals surface area (Å²) in [7, 11) is -2.27. The molecule has 0 aromatic carbocycles. The second-order valence-electron chi connectivity index (χ2n) is 8.31. The van der Waals surface area contributed by atoms with Gasteiger partial charge in [-0.1, -0.05) is 13.8 Å². The van der Waals surface area contributed by atoms with E-state index >= 15 is 0 Å². The van der Waals surface area contributed by atoms with Crippen LogP contribution in [0.1, 0.15) is 31.6 Å². The van der Waals surface area contributed by atoms with Crippen LogP contribution in [0.5, 0.6) is 0 Å². The molecule has 1 fully saturated rings. The fourth-order valence-electron chi connectivity index (χ4n) is 4.12. The van der Waals surface area contributed by atoms with Crippen molar-refractivity contribution < 1.29 is 17.9 Å². The third-order valence-electron chi connectivity index (χ3n) is 5.39. The van der Waals surface area contributed by atoms with Crippen LogP contribution in [0.25, 0.3) is 10.2 Å². The number of aryl methyl sites for hydroxylation is 1. The van der Waals surface area contributed by atoms with Crippen molar-refractivity contribution in [2.75, 3.05) is 33.4 Å². The first-order chi connectivity index (χ1) is 14.6. The summed E-state index contributed by atoms with van der Waals surface area (Å²) >= 11 is 1.19. The van der Waals surface area contributed by atoms with Crippen molar-refractivity contribution in [2.24, 2.45) is 11.8 Å². The lowest BCUT2D eigenvalue weighted by Crippen LogP contribution is -2.43. The third kappa shape index (κ3) is 5.16. The van der Waals surface area contributed by atoms with Gasteiger partial charge in [0.25, 0.3) is 5.56 Å². The minimum absolute atomic E-state index is 0.0288. The lowest BCUT2D eigenvalue weighted by molar-refractivity contribution is -0.121. The average Bonchev–Trinajstić information content (AvgIpc) is 3.04. The molecule has 31 heavy (non-hydrogen) atoms. The fourth-order valence-corrected chi connectivity index (χ4v) is 7.47. The minimum atomic E-state index is -3.85. The summed E-state index contributed by atoms with van der Waals surface area (Å²) in [4.78, 5) is 30.6. The molecule has 3 rings (SSSR count). The molecule has 0 saturated carbocycles. The van der Waals surface area contributed by atoms with E-state index in [2.05, 4.69) is 10.3 Å². The van der Waals surface area contributed by atoms with Gasteiger partial charge in [0.15, 0.2) is 0 Å². The Kier molecular flexibility index (Phi) is 7.51. The highest BCUT2D eigenvalue weighted by Gasteiger charge is 2.35. The van der Waals surface area contributed by atoms with Gasteiger partial charge in [-0.05, 0) is 31.6 Å². The van der Waals surface area contributed by atoms with Gasteiger partial charge in [0.05, 0.1) is 11.7 Å². The predicted molar refractivity (Wildman–Crippen MR) is 120 cm³/mol. The molecule has 1 saturated heterocycles. The van der Waals surface area contributed by atoms with Crippen LogP contribution < -0.4 is 10.9 Å². The molecule has 1 aliphatic heterocycles. The molecular weight excluding hydrogens is 440 g/mol. The predicted octanol–water partition coefficient (Wildman–Crippen LogP) is 1.59. The summed E-state index contributed by atoms with van der Waals surface area (Å²) in [6, 6.07) is 0. The molecule has 9 nitrogen and oxygen atoms in total. The SMILES string of the molecule is COCCCNC(=O)Cn1cnc2sc(C)c(S(=O)(=O)N3C[C@H](C)C[C@@H](C)C3)c2c1=O. The summed E-state index contributed by atoms with van der Waals surface area (Å²) in [5.74, 6) is 0.162. The van der Waals surface area contributed by atoms with E-state index in [1.54, 1.807) is 14.0 Å². The molecule has 1 N–H and O–H groups in total. The van der Waals surface area contributed by atoms with E-state index in [-0.39, 0.29) is 34.6 Å². The highest BCUT2D eigenvalue weighted by molar-refractivity contribution is 7.89. The number of nitrogens with one attached hydrogen (secondary N) is 1. The highest BCUT2D eigenvalue weighted by Crippen LogP contribution is 2.35. The van der Waals surface area contributed by atoms with Gasteiger partial charge in [-0.25, -0.2) is 13.4 Å². The van der Waals surface area contributed by atoms with Gasteiger partial charge < -0.3 is 10.1 Å². The second kappa shape index (κ2) is 9.76. The van der Waals surface area contributed by atoms with Crippen molar-refractivity contribution in [1.82, 2.24) is 19.2 Å². The number of nitrogens with zero attached hydrogens (tertiary/aromatic N) is 3. The van der Waals surface area contributed by atoms with Crippen molar-refractivity contribution in [3.63, 3.8) is 0 Å². The lowest BCUT2D eigenvalue weighted by atomic mass is 9.94. The van der Waals surface area contributed by atoms with Crippen molar-refractivity contribution in [3.8, 4) is 0 Å². The first kappa shape index (κ1) is 23.8. The van der Waals surface area contributed by atoms with Crippen LogP contribution >= 0.6 is 11.3 Å². The van der Waals surface area contributed by atoms with Crippen LogP contribution in [0.3, 0.4) is 0 Å². The van der Waals surface area contributed by atoms with E-state index in [0.717, 1.165) is 6.42 Å². The van der Waals surface area contributed by atoms with Crippen LogP contribution in [0.15, 0.2) is 16.0 Å². The van der Waals surface area contributed by atoms with Crippen molar-refractivity contribution in [1.29, 1.82) is 0 Å². The molecule has 11 heteroatoms. The smallest absolute Gasteiger partial charge is 0.263 e. The zero-order valence-electron chi connectivity index (χ0n) is 18.4. The number of amides is 1. The molecule has 1 aliphatic rings. The number of aromatic nitrogens is 2. The highest BCUT2D eigenvalue weighted by atomic mass is 32.2. The Morgan fingerprint density at radius 1 is 1.32 bits per heavy atom. The van der Waals surface area contributed by atoms with Gasteiger partial charge in [0.2, 0.25) is 15.9 Å². The lowest BCUT2D eigenvalue weighted by Gasteiger charge is -2.34. The normalized spacial score (nSPS) is 20.3. The van der Waals surface area contributed by atoms with E-state index in [1.807, 2.05) is 13.8 Å². The topological polar surface area (TPSA) is 111 Å². The van der Waals surface area contributed by atoms with E-state index in [1.165, 1.54) is 26.5 Å². The van der Waals surface area contributed by atoms with Gasteiger partial charge in [-0.3, -0.25) is 14.2 Å². The first-order valence-corrected chi connectivity index (χ1v) is 12.6. The number of hydrogen-bond acceptors (Lipinski definition) is 7. The Bertz CT molecular complexity index is 1100. The zero-order chi connectivity index (χ0) is 22.8. The number of piperidine rings is 1. The van der Waals surface area contributed by atoms with Crippen LogP contribution in [-0.2, 0) is 26.1 Å². The summed E-state index contributed by atoms with van der Waals surface area (Å²) in [6.45, 7) is 7.37. The number of carbonyl (C=O) groups excluding carboxylic acids is 1. The van der Waals surface area contributed by atoms with Crippen molar-refractivity contribution in [3.05, 3.63) is 21.6 Å². The molecule has 0 radical (unpaired) electrons. The van der Waals surface area contributed by atoms with E-state index in [0.29, 0.717) is 42.4 Å². The molecule has 0 spiro atoms. The molecule has 2 atom stereocenters. The standard InChI is InChI=1S/C20H30N4O5S2/c1-13-8-14(2)10-24(9-13)31(27,28)18-15(3)30-19-17(18)20(26)23(12-22-19)11-16(25)21-6-5-7-29-4/h12-14H,5-11H2,1-4H3,(H,21,25)/t13-,14-/m1/s1. The van der Waals surface area contributed by atoms with Gasteiger partial charge in [0.1, 0.15) is 16.3 Å². The number of thiophene rings is 1. The van der Waals surface area contributed by atoms with Gasteiger partial charge in [0, 0.05) is 38.2 Å². The van der Waals surface area contributed by atoms with Crippen LogP contribution in [-0.4, -0.2) is 61.5 Å². The Labute approximate surface area is 186 Å². The number of ether oxygens (including phenoxy) is 1. The molecule has 0 bridgehead atoms. The van der Waals surface area contributed by atoms with Gasteiger partial charge in [-0.15, -0.1) is 11.3 Å². The van der Waals surface area contributed by atoms with Gasteiger partial charge >= 0.3 is 0 Å². The van der Waals surface area contributed by atoms with Gasteiger partial charge in [-0.2, -0.15) is 4.31 Å². The van der Waals surface area contributed by atoms with Crippen LogP contribution in [0.4, 0.5) is 0 Å². The monoisotopic (exact) mass is 470 g/mol. The Morgan fingerprint density at radius 3 is 2.65 bits per heavy atom. The van der Waals surface area contributed by atoms with Crippen molar-refractivity contribution in [2.45, 2.75) is 45.1 Å². The summed E-state index contributed by atoms with van der Waals surface area (Å²) < 4.78 is 34.7. The Morgan fingerprint density at radius 2 is 2.00 bits per heavy atom. The van der Waals surface area contributed by atoms with Crippen LogP contribution in [0, 0.1) is 18.8 Å². The molecule has 2 aromatic heterocycles. The largest absolute Gasteiger partial charge is 0.385 e. The molecule has 172 valence electrons. The molecular formula is C20H30N4O5S2. The number of rotatable bonds is 8. The maximum Gasteiger partial charge on any atom is 0.263 e. The minimum Gasteiger partial charge on any atom is -0.385 e. The third-order valence-corrected chi connectivity index (χ3v) is 8.54. The Balaban J connectivity index is 1.94. The summed E-state index contributed by atoms with van der Waals surface area (Å²) in [6.07, 6.45) is 2.94. The van der Waals surface area contributed by atoms with E-state index in [9.17, 15) is 18.0 Å². The molecule has 2 aromatic rings. The Hall–Kier alpha value is -1.82. The number of sulfonamides is 1. The number of methoxy groups -OCH3 is 1. The maximum atomic E-state index is 13.5. The second-order valence-corrected chi connectivity index (χ2v) is 11.4. The molecule has 0 aliphatic carbocycles. The maximum absolute atomic E-state index is 13.5. The molecule has 1 amide bonds. The number of fused-ring (bicyclic) bond motifs is 1. The fraction of sp³-hybridized carbons (Fsp3) is 0.650. The number of hydrogen-bond donors (Lipinski definition) is 1. The zero-order valence-corrected chi connectivity index (χ0v) is 20.0. The molecule has 3 heterocycles. The van der Waals surface area contributed by atoms with E-state index < -0.39 is 15.6 Å². The summed E-state index contributed by atoms with van der Waals surface area (Å²) in [5, 5.41) is 2.79. The quantitative estimate of drug-likeness (QED) is 0.587. The molecule has 0 unspecified atom stereocenters.